The molecule has 0 radical (unpaired) electrons. The fourth-order valence-corrected chi connectivity index (χ4v) is 3.05. The Bertz CT molecular complexity index is 824. The highest BCUT2D eigenvalue weighted by Gasteiger charge is 2.05. The lowest BCUT2D eigenvalue weighted by molar-refractivity contribution is 0.402. The number of hydrogen-bond acceptors (Lipinski definition) is 2. The maximum Gasteiger partial charge on any atom is 0.123 e. The summed E-state index contributed by atoms with van der Waals surface area (Å²) in [6.45, 7) is 2.44. The maximum atomic E-state index is 13.0. The fourth-order valence-electron chi connectivity index (χ4n) is 3.05. The highest BCUT2D eigenvalue weighted by Crippen LogP contribution is 2.24. The van der Waals surface area contributed by atoms with Gasteiger partial charge in [-0.1, -0.05) is 60.7 Å². The van der Waals surface area contributed by atoms with E-state index in [-0.39, 0.29) is 5.82 Å². The third-order valence-electron chi connectivity index (χ3n) is 4.34. The lowest BCUT2D eigenvalue weighted by Crippen LogP contribution is -2.13. The summed E-state index contributed by atoms with van der Waals surface area (Å²) < 4.78 is 13.0. The van der Waals surface area contributed by atoms with Gasteiger partial charge in [-0.25, -0.2) is 4.39 Å². The van der Waals surface area contributed by atoms with Gasteiger partial charge < -0.3 is 10.2 Å². The van der Waals surface area contributed by atoms with Crippen LogP contribution in [0.3, 0.4) is 0 Å². The third-order valence-corrected chi connectivity index (χ3v) is 4.34. The Labute approximate surface area is 155 Å². The van der Waals surface area contributed by atoms with Gasteiger partial charge >= 0.3 is 0 Å². The Morgan fingerprint density at radius 1 is 0.769 bits per heavy atom. The highest BCUT2D eigenvalue weighted by atomic mass is 19.1. The molecule has 0 heterocycles. The van der Waals surface area contributed by atoms with Crippen molar-refractivity contribution in [2.45, 2.75) is 19.6 Å². The number of nitrogens with zero attached hydrogens (tertiary/aromatic N) is 1. The van der Waals surface area contributed by atoms with Crippen LogP contribution in [0.2, 0.25) is 0 Å². The second-order valence-electron chi connectivity index (χ2n) is 6.82. The van der Waals surface area contributed by atoms with Crippen LogP contribution < -0.4 is 5.32 Å². The van der Waals surface area contributed by atoms with Crippen molar-refractivity contribution in [3.63, 3.8) is 0 Å². The number of hydrogen-bond donors (Lipinski definition) is 1. The van der Waals surface area contributed by atoms with Crippen molar-refractivity contribution >= 4 is 0 Å². The Hall–Kier alpha value is -2.49. The van der Waals surface area contributed by atoms with Crippen LogP contribution in [-0.2, 0) is 19.6 Å². The average Bonchev–Trinajstić information content (AvgIpc) is 2.64. The minimum atomic E-state index is -0.197. The van der Waals surface area contributed by atoms with E-state index in [1.807, 2.05) is 12.1 Å². The van der Waals surface area contributed by atoms with Crippen LogP contribution >= 0.6 is 0 Å². The van der Waals surface area contributed by atoms with Gasteiger partial charge in [0.1, 0.15) is 5.82 Å². The quantitative estimate of drug-likeness (QED) is 0.657. The first-order valence-electron chi connectivity index (χ1n) is 8.89. The lowest BCUT2D eigenvalue weighted by atomic mass is 9.98. The molecular formula is C23H25FN2. The molecule has 3 heteroatoms. The summed E-state index contributed by atoms with van der Waals surface area (Å²) in [4.78, 5) is 2.17. The first kappa shape index (κ1) is 18.3. The van der Waals surface area contributed by atoms with E-state index in [1.54, 1.807) is 0 Å². The molecule has 0 fully saturated rings. The van der Waals surface area contributed by atoms with Crippen molar-refractivity contribution in [3.8, 4) is 11.1 Å². The molecule has 0 atom stereocenters. The Morgan fingerprint density at radius 3 is 2.12 bits per heavy atom. The minimum Gasteiger partial charge on any atom is -0.309 e. The van der Waals surface area contributed by atoms with E-state index >= 15 is 0 Å². The van der Waals surface area contributed by atoms with Gasteiger partial charge in [0.15, 0.2) is 0 Å². The molecule has 0 bridgehead atoms. The summed E-state index contributed by atoms with van der Waals surface area (Å²) in [5.41, 5.74) is 6.12. The average molecular weight is 348 g/mol. The van der Waals surface area contributed by atoms with Crippen molar-refractivity contribution in [2.24, 2.45) is 0 Å². The molecule has 1 N–H and O–H groups in total. The van der Waals surface area contributed by atoms with E-state index in [0.29, 0.717) is 0 Å². The predicted molar refractivity (Wildman–Crippen MR) is 106 cm³/mol. The van der Waals surface area contributed by atoms with E-state index in [4.69, 9.17) is 0 Å². The Balaban J connectivity index is 1.68. The van der Waals surface area contributed by atoms with E-state index < -0.39 is 0 Å². The molecule has 0 aliphatic carbocycles. The smallest absolute Gasteiger partial charge is 0.123 e. The largest absolute Gasteiger partial charge is 0.309 e. The SMILES string of the molecule is CN(C)Cc1ccc(-c2ccccc2CNCc2ccc(F)cc2)cc1. The zero-order chi connectivity index (χ0) is 18.4. The van der Waals surface area contributed by atoms with Gasteiger partial charge in [-0.15, -0.1) is 0 Å². The Kier molecular flexibility index (Phi) is 6.16. The summed E-state index contributed by atoms with van der Waals surface area (Å²) in [5, 5.41) is 3.46. The van der Waals surface area contributed by atoms with Crippen LogP contribution in [0.25, 0.3) is 11.1 Å². The molecule has 0 aliphatic rings. The number of nitrogens with one attached hydrogen (secondary N) is 1. The van der Waals surface area contributed by atoms with Crippen LogP contribution in [-0.4, -0.2) is 19.0 Å². The number of halogens is 1. The molecule has 134 valence electrons. The van der Waals surface area contributed by atoms with Gasteiger partial charge in [0.25, 0.3) is 0 Å². The molecule has 0 unspecified atom stereocenters. The predicted octanol–water partition coefficient (Wildman–Crippen LogP) is 4.84. The summed E-state index contributed by atoms with van der Waals surface area (Å²) in [5.74, 6) is -0.197. The second-order valence-corrected chi connectivity index (χ2v) is 6.82. The lowest BCUT2D eigenvalue weighted by Gasteiger charge is -2.13. The molecule has 0 aromatic heterocycles. The van der Waals surface area contributed by atoms with Crippen molar-refractivity contribution in [1.82, 2.24) is 10.2 Å². The fraction of sp³-hybridized carbons (Fsp3) is 0.217. The minimum absolute atomic E-state index is 0.197. The molecule has 0 amide bonds. The highest BCUT2D eigenvalue weighted by molar-refractivity contribution is 5.67. The van der Waals surface area contributed by atoms with Crippen LogP contribution in [0.5, 0.6) is 0 Å². The van der Waals surface area contributed by atoms with Crippen LogP contribution in [0.15, 0.2) is 72.8 Å². The maximum absolute atomic E-state index is 13.0. The van der Waals surface area contributed by atoms with E-state index in [1.165, 1.54) is 34.4 Å². The van der Waals surface area contributed by atoms with Gasteiger partial charge in [-0.05, 0) is 54.0 Å². The molecule has 3 aromatic rings. The van der Waals surface area contributed by atoms with Crippen molar-refractivity contribution in [3.05, 3.63) is 95.3 Å². The number of benzene rings is 3. The topological polar surface area (TPSA) is 15.3 Å². The molecule has 3 rings (SSSR count). The molecule has 0 aliphatic heterocycles. The van der Waals surface area contributed by atoms with Crippen LogP contribution in [0, 0.1) is 5.82 Å². The van der Waals surface area contributed by atoms with Crippen molar-refractivity contribution in [1.29, 1.82) is 0 Å². The second kappa shape index (κ2) is 8.75. The van der Waals surface area contributed by atoms with E-state index in [0.717, 1.165) is 25.2 Å². The monoisotopic (exact) mass is 348 g/mol. The molecule has 0 saturated heterocycles. The summed E-state index contributed by atoms with van der Waals surface area (Å²) in [6.07, 6.45) is 0. The Morgan fingerprint density at radius 2 is 1.42 bits per heavy atom. The van der Waals surface area contributed by atoms with Crippen LogP contribution in [0.1, 0.15) is 16.7 Å². The summed E-state index contributed by atoms with van der Waals surface area (Å²) in [7, 11) is 4.16. The van der Waals surface area contributed by atoms with Crippen LogP contribution in [0.4, 0.5) is 4.39 Å². The van der Waals surface area contributed by atoms with Gasteiger partial charge in [0.05, 0.1) is 0 Å². The van der Waals surface area contributed by atoms with E-state index in [2.05, 4.69) is 72.8 Å². The molecular weight excluding hydrogens is 323 g/mol. The van der Waals surface area contributed by atoms with Gasteiger partial charge in [0.2, 0.25) is 0 Å². The van der Waals surface area contributed by atoms with Gasteiger partial charge in [-0.3, -0.25) is 0 Å². The molecule has 0 spiro atoms. The molecule has 3 aromatic carbocycles. The van der Waals surface area contributed by atoms with E-state index in [9.17, 15) is 4.39 Å². The van der Waals surface area contributed by atoms with Gasteiger partial charge in [-0.2, -0.15) is 0 Å². The standard InChI is InChI=1S/C23H25FN2/c1-26(2)17-19-7-11-20(12-8-19)23-6-4-3-5-21(23)16-25-15-18-9-13-22(24)14-10-18/h3-14,25H,15-17H2,1-2H3. The molecule has 26 heavy (non-hydrogen) atoms. The summed E-state index contributed by atoms with van der Waals surface area (Å²) in [6, 6.07) is 23.9. The van der Waals surface area contributed by atoms with Gasteiger partial charge in [0, 0.05) is 19.6 Å². The zero-order valence-electron chi connectivity index (χ0n) is 15.4. The first-order chi connectivity index (χ1) is 12.6. The molecule has 2 nitrogen and oxygen atoms in total. The molecule has 0 saturated carbocycles. The first-order valence-corrected chi connectivity index (χ1v) is 8.89. The van der Waals surface area contributed by atoms with Crippen molar-refractivity contribution < 1.29 is 4.39 Å². The zero-order valence-corrected chi connectivity index (χ0v) is 15.4. The normalized spacial score (nSPS) is 11.1. The third kappa shape index (κ3) is 5.01. The van der Waals surface area contributed by atoms with Crippen molar-refractivity contribution in [2.75, 3.05) is 14.1 Å². The number of rotatable bonds is 7. The summed E-state index contributed by atoms with van der Waals surface area (Å²) >= 11 is 0.